The Balaban J connectivity index is 1.60. The lowest BCUT2D eigenvalue weighted by molar-refractivity contribution is 0.0682. The maximum atomic E-state index is 13.9. The van der Waals surface area contributed by atoms with Crippen molar-refractivity contribution in [3.63, 3.8) is 0 Å². The van der Waals surface area contributed by atoms with Crippen LogP contribution in [-0.2, 0) is 0 Å². The number of unbranched alkanes of at least 4 members (excludes halogenated alkanes) is 2. The fourth-order valence-electron chi connectivity index (χ4n) is 4.89. The van der Waals surface area contributed by atoms with Gasteiger partial charge in [0.25, 0.3) is 5.91 Å². The SMILES string of the molecule is CCCCN(CCCC)C(=O)c1cc(-c2cn(-c3cccc(C(=O)O)c3O)nn2)nc(-c2cn(-c3cccc(C(=O)O)c3O)nn2)c1. The molecule has 4 N–H and O–H groups in total. The maximum Gasteiger partial charge on any atom is 0.339 e. The second-order valence-corrected chi connectivity index (χ2v) is 10.7. The zero-order valence-electron chi connectivity index (χ0n) is 25.6. The van der Waals surface area contributed by atoms with Gasteiger partial charge in [-0.3, -0.25) is 4.79 Å². The van der Waals surface area contributed by atoms with Gasteiger partial charge in [-0.15, -0.1) is 10.2 Å². The van der Waals surface area contributed by atoms with E-state index in [0.717, 1.165) is 25.7 Å². The summed E-state index contributed by atoms with van der Waals surface area (Å²) in [6.07, 6.45) is 6.33. The Kier molecular flexibility index (Phi) is 9.54. The van der Waals surface area contributed by atoms with Crippen LogP contribution < -0.4 is 0 Å². The first-order valence-corrected chi connectivity index (χ1v) is 14.9. The molecule has 0 unspecified atom stereocenters. The van der Waals surface area contributed by atoms with Crippen molar-refractivity contribution in [2.24, 2.45) is 0 Å². The summed E-state index contributed by atoms with van der Waals surface area (Å²) < 4.78 is 2.41. The molecule has 5 rings (SSSR count). The topological polar surface area (TPSA) is 210 Å². The van der Waals surface area contributed by atoms with Crippen molar-refractivity contribution in [1.82, 2.24) is 39.9 Å². The molecule has 0 aliphatic heterocycles. The van der Waals surface area contributed by atoms with Crippen LogP contribution in [0.5, 0.6) is 11.5 Å². The highest BCUT2D eigenvalue weighted by Crippen LogP contribution is 2.30. The largest absolute Gasteiger partial charge is 0.505 e. The fourth-order valence-corrected chi connectivity index (χ4v) is 4.89. The molecule has 0 saturated heterocycles. The number of rotatable bonds is 13. The van der Waals surface area contributed by atoms with Crippen molar-refractivity contribution in [1.29, 1.82) is 0 Å². The lowest BCUT2D eigenvalue weighted by Gasteiger charge is -2.23. The zero-order chi connectivity index (χ0) is 33.7. The van der Waals surface area contributed by atoms with Crippen LogP contribution in [0.1, 0.15) is 70.6 Å². The third-order valence-electron chi connectivity index (χ3n) is 7.42. The van der Waals surface area contributed by atoms with Gasteiger partial charge in [-0.2, -0.15) is 0 Å². The second kappa shape index (κ2) is 13.9. The number of carboxylic acid groups (broad SMARTS) is 2. The average Bonchev–Trinajstić information content (AvgIpc) is 3.75. The summed E-state index contributed by atoms with van der Waals surface area (Å²) >= 11 is 0. The van der Waals surface area contributed by atoms with Crippen molar-refractivity contribution in [2.45, 2.75) is 39.5 Å². The van der Waals surface area contributed by atoms with Crippen molar-refractivity contribution >= 4 is 17.8 Å². The molecule has 2 aromatic carbocycles. The quantitative estimate of drug-likeness (QED) is 0.141. The van der Waals surface area contributed by atoms with E-state index in [1.54, 1.807) is 17.0 Å². The Bertz CT molecular complexity index is 1820. The first-order valence-electron chi connectivity index (χ1n) is 14.9. The van der Waals surface area contributed by atoms with Gasteiger partial charge in [0.05, 0.1) is 23.8 Å². The molecule has 3 aromatic heterocycles. The maximum absolute atomic E-state index is 13.9. The normalized spacial score (nSPS) is 11.0. The van der Waals surface area contributed by atoms with Gasteiger partial charge in [-0.05, 0) is 49.2 Å². The molecule has 0 saturated carbocycles. The smallest absolute Gasteiger partial charge is 0.339 e. The molecule has 242 valence electrons. The van der Waals surface area contributed by atoms with Crippen LogP contribution in [-0.4, -0.2) is 91.2 Å². The highest BCUT2D eigenvalue weighted by molar-refractivity contribution is 5.96. The molecule has 0 radical (unpaired) electrons. The fraction of sp³-hybridized carbons (Fsp3) is 0.250. The minimum atomic E-state index is -1.31. The number of carboxylic acids is 2. The number of carbonyl (C=O) groups is 3. The third kappa shape index (κ3) is 6.78. The summed E-state index contributed by atoms with van der Waals surface area (Å²) in [4.78, 5) is 43.5. The first-order chi connectivity index (χ1) is 22.6. The minimum absolute atomic E-state index is 0.0766. The first kappa shape index (κ1) is 32.3. The number of carbonyl (C=O) groups excluding carboxylic acids is 1. The number of para-hydroxylation sites is 2. The summed E-state index contributed by atoms with van der Waals surface area (Å²) in [5, 5.41) is 56.5. The van der Waals surface area contributed by atoms with E-state index in [1.165, 1.54) is 58.2 Å². The molecule has 15 heteroatoms. The lowest BCUT2D eigenvalue weighted by atomic mass is 10.1. The number of nitrogens with zero attached hydrogens (tertiary/aromatic N) is 8. The van der Waals surface area contributed by atoms with Crippen molar-refractivity contribution in [3.05, 3.63) is 77.6 Å². The van der Waals surface area contributed by atoms with Gasteiger partial charge >= 0.3 is 11.9 Å². The van der Waals surface area contributed by atoms with E-state index >= 15 is 0 Å². The number of phenols is 2. The van der Waals surface area contributed by atoms with Crippen LogP contribution in [0.3, 0.4) is 0 Å². The van der Waals surface area contributed by atoms with Gasteiger partial charge in [-0.25, -0.2) is 23.9 Å². The predicted molar refractivity (Wildman–Crippen MR) is 168 cm³/mol. The molecule has 0 spiro atoms. The summed E-state index contributed by atoms with van der Waals surface area (Å²) in [7, 11) is 0. The molecule has 3 heterocycles. The lowest BCUT2D eigenvalue weighted by Crippen LogP contribution is -2.33. The Labute approximate surface area is 268 Å². The van der Waals surface area contributed by atoms with Crippen molar-refractivity contribution in [2.75, 3.05) is 13.1 Å². The van der Waals surface area contributed by atoms with Crippen LogP contribution in [0.2, 0.25) is 0 Å². The molecule has 47 heavy (non-hydrogen) atoms. The van der Waals surface area contributed by atoms with E-state index in [1.807, 2.05) is 13.8 Å². The molecular formula is C32H32N8O7. The number of aromatic hydroxyl groups is 2. The number of benzene rings is 2. The number of aromatic carboxylic acids is 2. The van der Waals surface area contributed by atoms with E-state index < -0.39 is 23.4 Å². The third-order valence-corrected chi connectivity index (χ3v) is 7.42. The molecule has 1 amide bonds. The highest BCUT2D eigenvalue weighted by atomic mass is 16.4. The second-order valence-electron chi connectivity index (χ2n) is 10.7. The van der Waals surface area contributed by atoms with E-state index in [4.69, 9.17) is 0 Å². The Morgan fingerprint density at radius 1 is 0.702 bits per heavy atom. The van der Waals surface area contributed by atoms with Crippen LogP contribution in [0, 0.1) is 0 Å². The summed E-state index contributed by atoms with van der Waals surface area (Å²) in [6.45, 7) is 5.22. The van der Waals surface area contributed by atoms with Crippen molar-refractivity contribution in [3.8, 4) is 45.6 Å². The molecular weight excluding hydrogens is 608 g/mol. The van der Waals surface area contributed by atoms with Crippen molar-refractivity contribution < 1.29 is 34.8 Å². The Hall–Kier alpha value is -6.12. The van der Waals surface area contributed by atoms with Gasteiger partial charge in [0.15, 0.2) is 11.5 Å². The van der Waals surface area contributed by atoms with Crippen LogP contribution in [0.4, 0.5) is 0 Å². The van der Waals surface area contributed by atoms with Gasteiger partial charge in [0.1, 0.15) is 33.9 Å². The Morgan fingerprint density at radius 2 is 1.15 bits per heavy atom. The zero-order valence-corrected chi connectivity index (χ0v) is 25.6. The summed E-state index contributed by atoms with van der Waals surface area (Å²) in [5.74, 6) is -3.84. The van der Waals surface area contributed by atoms with E-state index in [9.17, 15) is 34.8 Å². The number of hydrogen-bond donors (Lipinski definition) is 4. The molecule has 0 aliphatic carbocycles. The van der Waals surface area contributed by atoms with E-state index in [0.29, 0.717) is 18.7 Å². The number of amides is 1. The number of pyridine rings is 1. The van der Waals surface area contributed by atoms with Crippen LogP contribution in [0.25, 0.3) is 34.2 Å². The predicted octanol–water partition coefficient (Wildman–Crippen LogP) is 4.43. The standard InChI is InChI=1S/C32H32N8O7/c1-3-5-13-38(14-6-4-2)30(43)19-15-22(24-17-39(36-34-24)26-11-7-9-20(28(26)41)31(44)45)33-23(16-19)25-18-40(37-35-25)27-12-8-10-21(29(27)42)32(46)47/h7-12,15-18,41-42H,3-6,13-14H2,1-2H3,(H,44,45)(H,46,47). The monoisotopic (exact) mass is 640 g/mol. The highest BCUT2D eigenvalue weighted by Gasteiger charge is 2.22. The summed E-state index contributed by atoms with van der Waals surface area (Å²) in [5.41, 5.74) is 0.741. The molecule has 0 bridgehead atoms. The molecule has 0 fully saturated rings. The van der Waals surface area contributed by atoms with Gasteiger partial charge in [0, 0.05) is 18.7 Å². The van der Waals surface area contributed by atoms with Gasteiger partial charge < -0.3 is 25.3 Å². The number of hydrogen-bond acceptors (Lipinski definition) is 10. The molecule has 0 atom stereocenters. The van der Waals surface area contributed by atoms with Gasteiger partial charge in [0.2, 0.25) is 0 Å². The van der Waals surface area contributed by atoms with E-state index in [2.05, 4.69) is 25.6 Å². The van der Waals surface area contributed by atoms with Crippen LogP contribution in [0.15, 0.2) is 60.9 Å². The van der Waals surface area contributed by atoms with E-state index in [-0.39, 0.29) is 51.2 Å². The van der Waals surface area contributed by atoms with Crippen LogP contribution >= 0.6 is 0 Å². The summed E-state index contributed by atoms with van der Waals surface area (Å²) in [6, 6.07) is 11.5. The van der Waals surface area contributed by atoms with Gasteiger partial charge in [-0.1, -0.05) is 49.2 Å². The Morgan fingerprint density at radius 3 is 1.55 bits per heavy atom. The number of aromatic nitrogens is 7. The molecule has 15 nitrogen and oxygen atoms in total. The molecule has 0 aliphatic rings. The minimum Gasteiger partial charge on any atom is -0.505 e. The average molecular weight is 641 g/mol. The molecule has 5 aromatic rings.